The van der Waals surface area contributed by atoms with E-state index in [1.54, 1.807) is 47.4 Å². The highest BCUT2D eigenvalue weighted by atomic mass is 79.9. The Morgan fingerprint density at radius 1 is 0.870 bits per heavy atom. The van der Waals surface area contributed by atoms with Crippen LogP contribution in [0.2, 0.25) is 0 Å². The monoisotopic (exact) mass is 675 g/mol. The van der Waals surface area contributed by atoms with E-state index in [-0.39, 0.29) is 34.4 Å². The number of carbonyl (C=O) groups is 1. The van der Waals surface area contributed by atoms with Gasteiger partial charge in [-0.1, -0.05) is 70.5 Å². The molecule has 1 aliphatic rings. The van der Waals surface area contributed by atoms with Gasteiger partial charge in [0.2, 0.25) is 0 Å². The van der Waals surface area contributed by atoms with E-state index in [1.165, 1.54) is 32.4 Å². The number of phenolic OH excluding ortho intramolecular Hbond substituents is 2. The number of phenols is 2. The minimum absolute atomic E-state index is 0.00421. The van der Waals surface area contributed by atoms with Gasteiger partial charge in [0.15, 0.2) is 28.8 Å². The molecule has 0 radical (unpaired) electrons. The second kappa shape index (κ2) is 13.9. The van der Waals surface area contributed by atoms with Gasteiger partial charge in [-0.15, -0.1) is 0 Å². The van der Waals surface area contributed by atoms with Gasteiger partial charge >= 0.3 is 0 Å². The van der Waals surface area contributed by atoms with E-state index in [4.69, 9.17) is 15.2 Å². The molecule has 4 N–H and O–H groups in total. The molecule has 1 unspecified atom stereocenters. The number of carbonyl (C=O) groups excluding carboxylic acids is 1. The van der Waals surface area contributed by atoms with Crippen LogP contribution in [0.4, 0.5) is 5.69 Å². The first-order valence-electron chi connectivity index (χ1n) is 14.1. The van der Waals surface area contributed by atoms with Crippen LogP contribution in [-0.2, 0) is 4.79 Å². The third-order valence-electron chi connectivity index (χ3n) is 7.48. The molecule has 0 spiro atoms. The summed E-state index contributed by atoms with van der Waals surface area (Å²) in [6, 6.07) is 28.6. The number of anilines is 1. The van der Waals surface area contributed by atoms with Gasteiger partial charge in [0.1, 0.15) is 5.82 Å². The number of nitrogens with two attached hydrogens (primary N) is 1. The Hall–Kier alpha value is -5.72. The molecule has 5 rings (SSSR count). The molecule has 4 aromatic rings. The number of nitriles is 1. The van der Waals surface area contributed by atoms with Gasteiger partial charge in [0.25, 0.3) is 0 Å². The highest BCUT2D eigenvalue weighted by Crippen LogP contribution is 2.44. The lowest BCUT2D eigenvalue weighted by Crippen LogP contribution is -2.36. The lowest BCUT2D eigenvalue weighted by atomic mass is 9.79. The van der Waals surface area contributed by atoms with Crippen molar-refractivity contribution in [2.75, 3.05) is 19.1 Å². The Labute approximate surface area is 275 Å². The second-order valence-electron chi connectivity index (χ2n) is 10.3. The van der Waals surface area contributed by atoms with E-state index in [9.17, 15) is 20.3 Å². The van der Waals surface area contributed by atoms with E-state index in [0.29, 0.717) is 39.4 Å². The van der Waals surface area contributed by atoms with Crippen molar-refractivity contribution >= 4 is 39.6 Å². The first-order chi connectivity index (χ1) is 22.2. The molecule has 4 aromatic carbocycles. The normalized spacial score (nSPS) is 15.0. The van der Waals surface area contributed by atoms with Gasteiger partial charge < -0.3 is 25.4 Å². The van der Waals surface area contributed by atoms with E-state index in [2.05, 4.69) is 22.0 Å². The van der Waals surface area contributed by atoms with Gasteiger partial charge in [-0.25, -0.2) is 0 Å². The number of halogens is 1. The SMILES string of the molecule is COc1cc(C=CC(=O)C2=C(C=Cc3ccc(O)c(OC)c3)N(c3ccccc3)C(N)=C(C#N)C2c2ccc(Br)cc2)ccc1O. The molecule has 0 saturated heterocycles. The van der Waals surface area contributed by atoms with Gasteiger partial charge in [-0.2, -0.15) is 5.26 Å². The quantitative estimate of drug-likeness (QED) is 0.156. The zero-order valence-corrected chi connectivity index (χ0v) is 26.6. The lowest BCUT2D eigenvalue weighted by molar-refractivity contribution is -0.111. The molecular formula is C37H30BrN3O5. The van der Waals surface area contributed by atoms with Crippen LogP contribution in [0.25, 0.3) is 12.2 Å². The van der Waals surface area contributed by atoms with Crippen LogP contribution < -0.4 is 20.1 Å². The summed E-state index contributed by atoms with van der Waals surface area (Å²) in [6.45, 7) is 0. The van der Waals surface area contributed by atoms with Gasteiger partial charge in [-0.3, -0.25) is 9.69 Å². The molecule has 0 aliphatic carbocycles. The minimum atomic E-state index is -0.793. The maximum atomic E-state index is 14.4. The molecule has 46 heavy (non-hydrogen) atoms. The summed E-state index contributed by atoms with van der Waals surface area (Å²) < 4.78 is 11.4. The van der Waals surface area contributed by atoms with Crippen LogP contribution in [0.5, 0.6) is 23.0 Å². The Morgan fingerprint density at radius 2 is 1.46 bits per heavy atom. The van der Waals surface area contributed by atoms with Crippen molar-refractivity contribution in [2.45, 2.75) is 5.92 Å². The Kier molecular flexibility index (Phi) is 9.60. The molecule has 0 aromatic heterocycles. The van der Waals surface area contributed by atoms with Crippen LogP contribution in [0, 0.1) is 11.3 Å². The number of ketones is 1. The Balaban J connectivity index is 1.76. The summed E-state index contributed by atoms with van der Waals surface area (Å²) in [5.41, 5.74) is 10.5. The molecule has 8 nitrogen and oxygen atoms in total. The van der Waals surface area contributed by atoms with E-state index >= 15 is 0 Å². The predicted molar refractivity (Wildman–Crippen MR) is 182 cm³/mol. The number of allylic oxidation sites excluding steroid dienone is 4. The van der Waals surface area contributed by atoms with Gasteiger partial charge in [0, 0.05) is 15.7 Å². The van der Waals surface area contributed by atoms with E-state index in [0.717, 1.165) is 4.47 Å². The van der Waals surface area contributed by atoms with Crippen LogP contribution in [0.1, 0.15) is 22.6 Å². The molecule has 9 heteroatoms. The molecule has 0 bridgehead atoms. The summed E-state index contributed by atoms with van der Waals surface area (Å²) in [6.07, 6.45) is 6.63. The van der Waals surface area contributed by atoms with Crippen molar-refractivity contribution < 1.29 is 24.5 Å². The standard InChI is InChI=1S/C37H30BrN3O5/c1-45-33-20-23(9-17-30(33)42)8-16-29-36(32(44)19-11-24-10-18-31(43)34(21-24)46-2)35(25-12-14-26(38)15-13-25)28(22-39)37(40)41(29)27-6-4-3-5-7-27/h3-21,35,42-43H,40H2,1-2H3. The summed E-state index contributed by atoms with van der Waals surface area (Å²) in [7, 11) is 2.91. The Morgan fingerprint density at radius 3 is 2.02 bits per heavy atom. The zero-order valence-electron chi connectivity index (χ0n) is 25.0. The smallest absolute Gasteiger partial charge is 0.184 e. The first-order valence-corrected chi connectivity index (χ1v) is 14.9. The third kappa shape index (κ3) is 6.53. The molecule has 1 aliphatic heterocycles. The minimum Gasteiger partial charge on any atom is -0.504 e. The number of nitrogens with zero attached hydrogens (tertiary/aromatic N) is 2. The maximum Gasteiger partial charge on any atom is 0.184 e. The van der Waals surface area contributed by atoms with Crippen molar-refractivity contribution in [1.29, 1.82) is 5.26 Å². The van der Waals surface area contributed by atoms with Gasteiger partial charge in [0.05, 0.1) is 37.5 Å². The van der Waals surface area contributed by atoms with Crippen molar-refractivity contribution in [3.05, 3.63) is 147 Å². The summed E-state index contributed by atoms with van der Waals surface area (Å²) >= 11 is 3.48. The van der Waals surface area contributed by atoms with Crippen molar-refractivity contribution in [2.24, 2.45) is 5.73 Å². The Bertz CT molecular complexity index is 1940. The summed E-state index contributed by atoms with van der Waals surface area (Å²) in [4.78, 5) is 16.1. The van der Waals surface area contributed by atoms with Crippen molar-refractivity contribution in [3.63, 3.8) is 0 Å². The third-order valence-corrected chi connectivity index (χ3v) is 8.01. The summed E-state index contributed by atoms with van der Waals surface area (Å²) in [5.74, 6) is -0.425. The number of methoxy groups -OCH3 is 2. The fraction of sp³-hybridized carbons (Fsp3) is 0.0811. The maximum absolute atomic E-state index is 14.4. The zero-order chi connectivity index (χ0) is 32.8. The van der Waals surface area contributed by atoms with Crippen molar-refractivity contribution in [3.8, 4) is 29.1 Å². The average molecular weight is 677 g/mol. The molecule has 0 fully saturated rings. The number of hydrogen-bond acceptors (Lipinski definition) is 8. The number of para-hydroxylation sites is 1. The predicted octanol–water partition coefficient (Wildman–Crippen LogP) is 7.43. The average Bonchev–Trinajstić information content (AvgIpc) is 3.07. The van der Waals surface area contributed by atoms with E-state index < -0.39 is 5.92 Å². The number of hydrogen-bond donors (Lipinski definition) is 3. The topological polar surface area (TPSA) is 129 Å². The second-order valence-corrected chi connectivity index (χ2v) is 11.2. The lowest BCUT2D eigenvalue weighted by Gasteiger charge is -2.36. The van der Waals surface area contributed by atoms with E-state index in [1.807, 2.05) is 54.6 Å². The van der Waals surface area contributed by atoms with Crippen molar-refractivity contribution in [1.82, 2.24) is 0 Å². The highest BCUT2D eigenvalue weighted by molar-refractivity contribution is 9.10. The molecule has 0 amide bonds. The first kappa shape index (κ1) is 31.7. The van der Waals surface area contributed by atoms with Crippen LogP contribution in [0.15, 0.2) is 130 Å². The molecular weight excluding hydrogens is 646 g/mol. The molecule has 1 atom stereocenters. The number of rotatable bonds is 9. The molecule has 1 heterocycles. The molecule has 230 valence electrons. The number of aromatic hydroxyl groups is 2. The number of ether oxygens (including phenoxy) is 2. The number of benzene rings is 4. The fourth-order valence-corrected chi connectivity index (χ4v) is 5.51. The summed E-state index contributed by atoms with van der Waals surface area (Å²) in [5, 5.41) is 30.7. The van der Waals surface area contributed by atoms with Gasteiger partial charge in [-0.05, 0) is 77.4 Å². The fourth-order valence-electron chi connectivity index (χ4n) is 5.24. The van der Waals surface area contributed by atoms with Crippen LogP contribution in [0.3, 0.4) is 0 Å². The van der Waals surface area contributed by atoms with Crippen LogP contribution in [-0.4, -0.2) is 30.2 Å². The largest absolute Gasteiger partial charge is 0.504 e. The molecule has 0 saturated carbocycles. The van der Waals surface area contributed by atoms with Crippen LogP contribution >= 0.6 is 15.9 Å². The highest BCUT2D eigenvalue weighted by Gasteiger charge is 2.37.